The molecule has 0 bridgehead atoms. The first-order chi connectivity index (χ1) is 12.1. The van der Waals surface area contributed by atoms with Crippen LogP contribution < -0.4 is 0 Å². The monoisotopic (exact) mass is 337 g/mol. The highest BCUT2D eigenvalue weighted by Crippen LogP contribution is 2.38. The van der Waals surface area contributed by atoms with Gasteiger partial charge in [0, 0.05) is 17.9 Å². The van der Waals surface area contributed by atoms with E-state index in [1.165, 1.54) is 0 Å². The number of Topliss-reactive ketones (excluding diaryl/α,β-unsaturated/α-hetero) is 1. The number of ketones is 1. The van der Waals surface area contributed by atoms with Crippen molar-refractivity contribution in [2.75, 3.05) is 19.8 Å². The quantitative estimate of drug-likeness (QED) is 0.712. The molecule has 0 aliphatic carbocycles. The summed E-state index contributed by atoms with van der Waals surface area (Å²) in [5.74, 6) is -1.38. The van der Waals surface area contributed by atoms with Gasteiger partial charge in [0.25, 0.3) is 0 Å². The second-order valence-corrected chi connectivity index (χ2v) is 6.26. The number of rotatable bonds is 7. The minimum absolute atomic E-state index is 0.137. The first-order valence-electron chi connectivity index (χ1n) is 8.42. The van der Waals surface area contributed by atoms with E-state index in [4.69, 9.17) is 15.0 Å². The van der Waals surface area contributed by atoms with Gasteiger partial charge in [0.2, 0.25) is 0 Å². The maximum Gasteiger partial charge on any atom is 0.195 e. The molecule has 0 aromatic heterocycles. The molecule has 2 aromatic rings. The van der Waals surface area contributed by atoms with Crippen molar-refractivity contribution in [2.45, 2.75) is 19.1 Å². The number of carbonyl (C=O) groups excluding carboxylic acids is 1. The third-order valence-electron chi connectivity index (χ3n) is 4.54. The van der Waals surface area contributed by atoms with Gasteiger partial charge in [0.15, 0.2) is 11.6 Å². The zero-order valence-corrected chi connectivity index (χ0v) is 14.2. The molecule has 2 aromatic carbocycles. The van der Waals surface area contributed by atoms with Crippen LogP contribution in [0.15, 0.2) is 59.7 Å². The van der Waals surface area contributed by atoms with Gasteiger partial charge in [0.05, 0.1) is 19.8 Å². The summed E-state index contributed by atoms with van der Waals surface area (Å²) in [7, 11) is 0. The molecule has 0 unspecified atom stereocenters. The molecule has 1 aliphatic heterocycles. The van der Waals surface area contributed by atoms with Crippen molar-refractivity contribution in [1.82, 2.24) is 0 Å². The summed E-state index contributed by atoms with van der Waals surface area (Å²) in [6.45, 7) is 2.58. The molecule has 1 saturated heterocycles. The van der Waals surface area contributed by atoms with Crippen LogP contribution in [0.3, 0.4) is 0 Å². The fourth-order valence-electron chi connectivity index (χ4n) is 3.15. The van der Waals surface area contributed by atoms with Crippen LogP contribution in [-0.2, 0) is 20.1 Å². The molecule has 0 saturated carbocycles. The van der Waals surface area contributed by atoms with Gasteiger partial charge < -0.3 is 20.1 Å². The van der Waals surface area contributed by atoms with E-state index in [9.17, 15) is 4.79 Å². The second-order valence-electron chi connectivity index (χ2n) is 6.26. The number of hydrogen-bond acceptors (Lipinski definition) is 4. The molecule has 0 radical (unpaired) electrons. The molecule has 1 atom stereocenters. The topological polar surface area (TPSA) is 70.2 Å². The van der Waals surface area contributed by atoms with Crippen LogP contribution in [0, 0.1) is 5.92 Å². The van der Waals surface area contributed by atoms with Crippen molar-refractivity contribution in [3.8, 4) is 11.1 Å². The Morgan fingerprint density at radius 1 is 1.08 bits per heavy atom. The summed E-state index contributed by atoms with van der Waals surface area (Å²) >= 11 is 0. The molecule has 25 heavy (non-hydrogen) atoms. The summed E-state index contributed by atoms with van der Waals surface area (Å²) in [6.07, 6.45) is 0.395. The molecular weight excluding hydrogens is 316 g/mol. The highest BCUT2D eigenvalue weighted by atomic mass is 16.7. The van der Waals surface area contributed by atoms with Crippen molar-refractivity contribution < 1.29 is 14.3 Å². The SMILES string of the molecule is C[C@@H](CC1(c2ccc(-c3ccccc3)cc2)OCCO1)C(=O)CN=[N-]. The Kier molecular flexibility index (Phi) is 5.36. The predicted octanol–water partition coefficient (Wildman–Crippen LogP) is 4.17. The molecule has 3 rings (SSSR count). The van der Waals surface area contributed by atoms with Gasteiger partial charge in [-0.3, -0.25) is 4.79 Å². The maximum absolute atomic E-state index is 12.0. The standard InChI is InChI=1S/C20H21N2O3/c1-15(19(23)14-22-21)13-20(24-11-12-25-20)18-9-7-17(8-10-18)16-5-3-2-4-6-16/h2-10,15H,11-14H2,1H3/q-1/t15-/m0/s1. The van der Waals surface area contributed by atoms with Gasteiger partial charge in [-0.1, -0.05) is 61.5 Å². The van der Waals surface area contributed by atoms with Crippen molar-refractivity contribution >= 4 is 5.78 Å². The first-order valence-corrected chi connectivity index (χ1v) is 8.42. The normalized spacial score (nSPS) is 17.2. The fraction of sp³-hybridized carbons (Fsp3) is 0.350. The average Bonchev–Trinajstić information content (AvgIpc) is 3.12. The summed E-state index contributed by atoms with van der Waals surface area (Å²) in [5, 5.41) is 2.94. The molecule has 0 N–H and O–H groups in total. The zero-order valence-electron chi connectivity index (χ0n) is 14.2. The lowest BCUT2D eigenvalue weighted by Crippen LogP contribution is -2.32. The summed E-state index contributed by atoms with van der Waals surface area (Å²) < 4.78 is 11.8. The first kappa shape index (κ1) is 17.5. The molecule has 0 spiro atoms. The van der Waals surface area contributed by atoms with Crippen LogP contribution >= 0.6 is 0 Å². The van der Waals surface area contributed by atoms with E-state index < -0.39 is 5.79 Å². The van der Waals surface area contributed by atoms with Crippen molar-refractivity contribution in [1.29, 1.82) is 0 Å². The lowest BCUT2D eigenvalue weighted by molar-refractivity contribution is -0.179. The Morgan fingerprint density at radius 2 is 1.68 bits per heavy atom. The smallest absolute Gasteiger partial charge is 0.195 e. The van der Waals surface area contributed by atoms with Crippen molar-refractivity contribution in [2.24, 2.45) is 11.0 Å². The van der Waals surface area contributed by atoms with E-state index in [0.717, 1.165) is 16.7 Å². The maximum atomic E-state index is 12.0. The molecule has 1 heterocycles. The zero-order chi connectivity index (χ0) is 17.7. The molecule has 5 heteroatoms. The van der Waals surface area contributed by atoms with Crippen LogP contribution in [0.2, 0.25) is 0 Å². The van der Waals surface area contributed by atoms with Crippen LogP contribution in [0.1, 0.15) is 18.9 Å². The molecule has 1 aliphatic rings. The second kappa shape index (κ2) is 7.68. The van der Waals surface area contributed by atoms with Gasteiger partial charge in [-0.15, -0.1) is 0 Å². The fourth-order valence-corrected chi connectivity index (χ4v) is 3.15. The van der Waals surface area contributed by atoms with E-state index in [1.807, 2.05) is 42.5 Å². The highest BCUT2D eigenvalue weighted by molar-refractivity contribution is 5.82. The van der Waals surface area contributed by atoms with E-state index in [-0.39, 0.29) is 18.2 Å². The number of ether oxygens (including phenoxy) is 2. The van der Waals surface area contributed by atoms with E-state index in [0.29, 0.717) is 19.6 Å². The number of hydrogen-bond donors (Lipinski definition) is 0. The molecule has 1 fully saturated rings. The Balaban J connectivity index is 1.83. The van der Waals surface area contributed by atoms with Crippen LogP contribution in [0.5, 0.6) is 0 Å². The van der Waals surface area contributed by atoms with Gasteiger partial charge >= 0.3 is 0 Å². The number of nitrogens with zero attached hydrogens (tertiary/aromatic N) is 2. The van der Waals surface area contributed by atoms with Crippen molar-refractivity contribution in [3.05, 3.63) is 65.7 Å². The lowest BCUT2D eigenvalue weighted by Gasteiger charge is -2.30. The molecule has 5 nitrogen and oxygen atoms in total. The van der Waals surface area contributed by atoms with Crippen LogP contribution in [0.4, 0.5) is 0 Å². The number of benzene rings is 2. The van der Waals surface area contributed by atoms with Gasteiger partial charge in [-0.2, -0.15) is 0 Å². The third kappa shape index (κ3) is 3.83. The number of carbonyl (C=O) groups is 1. The largest absolute Gasteiger partial charge is 0.712 e. The van der Waals surface area contributed by atoms with Crippen molar-refractivity contribution in [3.63, 3.8) is 0 Å². The summed E-state index contributed by atoms with van der Waals surface area (Å²) in [6, 6.07) is 18.2. The minimum atomic E-state index is -0.917. The summed E-state index contributed by atoms with van der Waals surface area (Å²) in [5.41, 5.74) is 11.8. The third-order valence-corrected chi connectivity index (χ3v) is 4.54. The van der Waals surface area contributed by atoms with Crippen LogP contribution in [-0.4, -0.2) is 25.5 Å². The molecular formula is C20H21N2O3-. The summed E-state index contributed by atoms with van der Waals surface area (Å²) in [4.78, 5) is 12.0. The van der Waals surface area contributed by atoms with Gasteiger partial charge in [-0.25, -0.2) is 0 Å². The van der Waals surface area contributed by atoms with E-state index >= 15 is 0 Å². The Bertz CT molecular complexity index is 722. The molecule has 0 amide bonds. The Morgan fingerprint density at radius 3 is 2.28 bits per heavy atom. The minimum Gasteiger partial charge on any atom is -0.712 e. The lowest BCUT2D eigenvalue weighted by atomic mass is 9.91. The predicted molar refractivity (Wildman–Crippen MR) is 94.9 cm³/mol. The van der Waals surface area contributed by atoms with Crippen LogP contribution in [0.25, 0.3) is 16.7 Å². The molecule has 130 valence electrons. The average molecular weight is 337 g/mol. The van der Waals surface area contributed by atoms with E-state index in [2.05, 4.69) is 17.2 Å². The van der Waals surface area contributed by atoms with Gasteiger partial charge in [0.1, 0.15) is 0 Å². The Hall–Kier alpha value is -2.37. The Labute approximate surface area is 147 Å². The van der Waals surface area contributed by atoms with E-state index in [1.54, 1.807) is 6.92 Å². The highest BCUT2D eigenvalue weighted by Gasteiger charge is 2.41. The van der Waals surface area contributed by atoms with Gasteiger partial charge in [-0.05, 0) is 11.1 Å².